The molecule has 0 radical (unpaired) electrons. The van der Waals surface area contributed by atoms with Gasteiger partial charge in [0.2, 0.25) is 0 Å². The van der Waals surface area contributed by atoms with E-state index in [9.17, 15) is 26.8 Å². The van der Waals surface area contributed by atoms with Gasteiger partial charge in [-0.15, -0.1) is 0 Å². The number of carbonyl (C=O) groups is 2. The van der Waals surface area contributed by atoms with Crippen molar-refractivity contribution in [2.24, 2.45) is 11.8 Å². The molecule has 4 bridgehead atoms. The molecule has 2 saturated heterocycles. The van der Waals surface area contributed by atoms with E-state index >= 15 is 0 Å². The van der Waals surface area contributed by atoms with Gasteiger partial charge in [-0.1, -0.05) is 0 Å². The van der Waals surface area contributed by atoms with E-state index in [2.05, 4.69) is 0 Å². The van der Waals surface area contributed by atoms with E-state index in [1.165, 1.54) is 0 Å². The Morgan fingerprint density at radius 3 is 2.64 bits per heavy atom. The van der Waals surface area contributed by atoms with Crippen molar-refractivity contribution in [3.63, 3.8) is 0 Å². The van der Waals surface area contributed by atoms with Crippen LogP contribution in [0.15, 0.2) is 0 Å². The fourth-order valence-corrected chi connectivity index (χ4v) is 4.11. The van der Waals surface area contributed by atoms with Crippen LogP contribution in [0, 0.1) is 11.8 Å². The number of halogens is 2. The molecule has 4 aliphatic rings. The Labute approximate surface area is 124 Å². The minimum Gasteiger partial charge on any atom is -0.462 e. The molecule has 2 saturated carbocycles. The van der Waals surface area contributed by atoms with Gasteiger partial charge < -0.3 is 9.47 Å². The first-order chi connectivity index (χ1) is 10.0. The molecular formula is C12H14F2O7S. The molecule has 0 aromatic carbocycles. The van der Waals surface area contributed by atoms with Crippen LogP contribution in [0.2, 0.25) is 0 Å². The Hall–Kier alpha value is -1.29. The fraction of sp³-hybridized carbons (Fsp3) is 0.833. The number of rotatable bonds is 3. The van der Waals surface area contributed by atoms with E-state index in [-0.39, 0.29) is 25.2 Å². The minimum absolute atomic E-state index is 0.00361. The minimum atomic E-state index is -5.91. The van der Waals surface area contributed by atoms with E-state index in [0.717, 1.165) is 0 Å². The molecule has 124 valence electrons. The maximum atomic E-state index is 13.4. The average molecular weight is 340 g/mol. The molecule has 2 aliphatic carbocycles. The summed E-state index contributed by atoms with van der Waals surface area (Å²) in [6.07, 6.45) is 0.986. The summed E-state index contributed by atoms with van der Waals surface area (Å²) in [5, 5.41) is -5.03. The molecule has 0 aromatic rings. The quantitative estimate of drug-likeness (QED) is 0.600. The Kier molecular flexibility index (Phi) is 3.27. The molecule has 22 heavy (non-hydrogen) atoms. The Bertz CT molecular complexity index is 631. The van der Waals surface area contributed by atoms with Crippen molar-refractivity contribution in [1.29, 1.82) is 0 Å². The zero-order chi connectivity index (χ0) is 16.3. The third-order valence-corrected chi connectivity index (χ3v) is 5.39. The first kappa shape index (κ1) is 15.6. The molecule has 4 fully saturated rings. The van der Waals surface area contributed by atoms with Gasteiger partial charge in [-0.3, -0.25) is 9.35 Å². The zero-order valence-corrected chi connectivity index (χ0v) is 12.1. The summed E-state index contributed by atoms with van der Waals surface area (Å²) in [5.41, 5.74) is -1.34. The highest BCUT2D eigenvalue weighted by Crippen LogP contribution is 2.51. The van der Waals surface area contributed by atoms with Crippen LogP contribution < -0.4 is 0 Å². The Morgan fingerprint density at radius 2 is 2.00 bits per heavy atom. The average Bonchev–Trinajstić information content (AvgIpc) is 2.50. The molecule has 7 nitrogen and oxygen atoms in total. The van der Waals surface area contributed by atoms with Crippen LogP contribution in [-0.2, 0) is 29.2 Å². The van der Waals surface area contributed by atoms with Gasteiger partial charge in [0.25, 0.3) is 0 Å². The van der Waals surface area contributed by atoms with Crippen LogP contribution in [0.25, 0.3) is 0 Å². The molecule has 0 spiro atoms. The second kappa shape index (κ2) is 4.60. The number of hydrogen-bond donors (Lipinski definition) is 1. The first-order valence-electron chi connectivity index (χ1n) is 6.81. The van der Waals surface area contributed by atoms with Crippen LogP contribution in [0.4, 0.5) is 8.78 Å². The molecule has 4 rings (SSSR count). The maximum Gasteiger partial charge on any atom is 0.465 e. The maximum absolute atomic E-state index is 13.4. The third-order valence-electron chi connectivity index (χ3n) is 4.58. The lowest BCUT2D eigenvalue weighted by Gasteiger charge is -2.45. The lowest BCUT2D eigenvalue weighted by Crippen LogP contribution is -2.51. The summed E-state index contributed by atoms with van der Waals surface area (Å²) in [4.78, 5) is 23.4. The van der Waals surface area contributed by atoms with Gasteiger partial charge in [0, 0.05) is 12.8 Å². The number of ether oxygens (including phenoxy) is 2. The van der Waals surface area contributed by atoms with Crippen molar-refractivity contribution in [3.8, 4) is 0 Å². The third kappa shape index (κ3) is 2.37. The van der Waals surface area contributed by atoms with E-state index in [1.54, 1.807) is 0 Å². The van der Waals surface area contributed by atoms with Crippen LogP contribution in [0.5, 0.6) is 0 Å². The van der Waals surface area contributed by atoms with Gasteiger partial charge in [-0.05, 0) is 25.2 Å². The molecule has 4 unspecified atom stereocenters. The molecule has 10 heteroatoms. The SMILES string of the molecule is O=C1OC2CC3CC1CC(OC(=O)C(F)(F)S(=O)(=O)O)(C3)C2. The van der Waals surface area contributed by atoms with Crippen molar-refractivity contribution < 1.29 is 40.8 Å². The zero-order valence-electron chi connectivity index (χ0n) is 11.3. The largest absolute Gasteiger partial charge is 0.465 e. The van der Waals surface area contributed by atoms with Crippen LogP contribution >= 0.6 is 0 Å². The Balaban J connectivity index is 1.86. The summed E-state index contributed by atoms with van der Waals surface area (Å²) in [6.45, 7) is 0. The molecule has 2 aliphatic heterocycles. The van der Waals surface area contributed by atoms with Gasteiger partial charge in [0.05, 0.1) is 5.92 Å². The fourth-order valence-electron chi connectivity index (χ4n) is 3.86. The summed E-state index contributed by atoms with van der Waals surface area (Å²) < 4.78 is 66.5. The second-order valence-electron chi connectivity index (χ2n) is 6.27. The van der Waals surface area contributed by atoms with E-state index in [4.69, 9.17) is 14.0 Å². The molecule has 1 N–H and O–H groups in total. The van der Waals surface area contributed by atoms with Crippen LogP contribution in [-0.4, -0.2) is 41.9 Å². The standard InChI is InChI=1S/C12H14F2O7S/c13-12(14,22(17,18)19)10(16)21-11-3-6-1-7(4-11)9(15)20-8(2-6)5-11/h6-8H,1-5H2,(H,17,18,19). The smallest absolute Gasteiger partial charge is 0.462 e. The molecular weight excluding hydrogens is 326 g/mol. The van der Waals surface area contributed by atoms with Crippen LogP contribution in [0.3, 0.4) is 0 Å². The van der Waals surface area contributed by atoms with Gasteiger partial charge in [-0.2, -0.15) is 17.2 Å². The highest BCUT2D eigenvalue weighted by atomic mass is 32.2. The summed E-state index contributed by atoms with van der Waals surface area (Å²) in [7, 11) is -5.91. The lowest BCUT2D eigenvalue weighted by atomic mass is 9.65. The topological polar surface area (TPSA) is 107 Å². The van der Waals surface area contributed by atoms with Crippen molar-refractivity contribution in [2.45, 2.75) is 49.1 Å². The second-order valence-corrected chi connectivity index (χ2v) is 7.73. The first-order valence-corrected chi connectivity index (χ1v) is 8.25. The summed E-state index contributed by atoms with van der Waals surface area (Å²) in [6, 6.07) is 0. The predicted octanol–water partition coefficient (Wildman–Crippen LogP) is 0.884. The molecule has 0 amide bonds. The normalized spacial score (nSPS) is 37.6. The van der Waals surface area contributed by atoms with Crippen molar-refractivity contribution in [2.75, 3.05) is 0 Å². The van der Waals surface area contributed by atoms with E-state index < -0.39 is 44.9 Å². The molecule has 2 heterocycles. The van der Waals surface area contributed by atoms with Crippen molar-refractivity contribution >= 4 is 22.1 Å². The predicted molar refractivity (Wildman–Crippen MR) is 65.3 cm³/mol. The number of carbonyl (C=O) groups excluding carboxylic acids is 2. The molecule has 0 aromatic heterocycles. The van der Waals surface area contributed by atoms with Crippen molar-refractivity contribution in [3.05, 3.63) is 0 Å². The van der Waals surface area contributed by atoms with E-state index in [1.807, 2.05) is 0 Å². The van der Waals surface area contributed by atoms with Gasteiger partial charge in [-0.25, -0.2) is 4.79 Å². The van der Waals surface area contributed by atoms with Crippen LogP contribution in [0.1, 0.15) is 32.1 Å². The monoisotopic (exact) mass is 340 g/mol. The number of alkyl halides is 2. The highest BCUT2D eigenvalue weighted by molar-refractivity contribution is 7.87. The van der Waals surface area contributed by atoms with Crippen molar-refractivity contribution in [1.82, 2.24) is 0 Å². The lowest BCUT2D eigenvalue weighted by molar-refractivity contribution is -0.190. The van der Waals surface area contributed by atoms with Gasteiger partial charge in [0.15, 0.2) is 0 Å². The van der Waals surface area contributed by atoms with Gasteiger partial charge >= 0.3 is 27.3 Å². The highest BCUT2D eigenvalue weighted by Gasteiger charge is 2.60. The summed E-state index contributed by atoms with van der Waals surface area (Å²) >= 11 is 0. The number of esters is 2. The molecule has 4 atom stereocenters. The van der Waals surface area contributed by atoms with Gasteiger partial charge in [0.1, 0.15) is 11.7 Å². The Morgan fingerprint density at radius 1 is 1.32 bits per heavy atom. The number of hydrogen-bond acceptors (Lipinski definition) is 6. The van der Waals surface area contributed by atoms with E-state index in [0.29, 0.717) is 12.8 Å². The summed E-state index contributed by atoms with van der Waals surface area (Å²) in [5.74, 6) is -3.30. The number of fused-ring (bicyclic) bond motifs is 1.